The van der Waals surface area contributed by atoms with Gasteiger partial charge in [0.2, 0.25) is 0 Å². The van der Waals surface area contributed by atoms with E-state index in [1.54, 1.807) is 0 Å². The van der Waals surface area contributed by atoms with Gasteiger partial charge in [0.25, 0.3) is 0 Å². The Kier molecular flexibility index (Phi) is 3.22. The summed E-state index contributed by atoms with van der Waals surface area (Å²) in [6.07, 6.45) is 3.66. The molecule has 3 rings (SSSR count). The number of nitrogens with zero attached hydrogens (tertiary/aromatic N) is 3. The van der Waals surface area contributed by atoms with Crippen molar-refractivity contribution in [3.63, 3.8) is 0 Å². The lowest BCUT2D eigenvalue weighted by atomic mass is 10.0. The molecule has 0 spiro atoms. The van der Waals surface area contributed by atoms with E-state index in [2.05, 4.69) is 28.7 Å². The molecule has 3 heterocycles. The summed E-state index contributed by atoms with van der Waals surface area (Å²) in [6, 6.07) is -0.0781. The summed E-state index contributed by atoms with van der Waals surface area (Å²) in [5.41, 5.74) is 2.29. The van der Waals surface area contributed by atoms with E-state index >= 15 is 0 Å². The highest BCUT2D eigenvalue weighted by atomic mass is 16.5. The summed E-state index contributed by atoms with van der Waals surface area (Å²) in [7, 11) is 0. The summed E-state index contributed by atoms with van der Waals surface area (Å²) in [6.45, 7) is 6.36. The lowest BCUT2D eigenvalue weighted by molar-refractivity contribution is -0.142. The molecule has 0 N–H and O–H groups in total. The van der Waals surface area contributed by atoms with Crippen molar-refractivity contribution in [2.24, 2.45) is 0 Å². The third-order valence-electron chi connectivity index (χ3n) is 3.86. The van der Waals surface area contributed by atoms with Gasteiger partial charge in [-0.05, 0) is 12.0 Å². The van der Waals surface area contributed by atoms with Gasteiger partial charge in [-0.2, -0.15) is 0 Å². The predicted molar refractivity (Wildman–Crippen MR) is 69.6 cm³/mol. The second kappa shape index (κ2) is 4.89. The minimum absolute atomic E-state index is 0.0781. The van der Waals surface area contributed by atoms with Crippen LogP contribution in [0.3, 0.4) is 0 Å². The predicted octanol–water partition coefficient (Wildman–Crippen LogP) is 1.27. The third-order valence-corrected chi connectivity index (χ3v) is 3.86. The Bertz CT molecular complexity index is 501. The van der Waals surface area contributed by atoms with Crippen LogP contribution < -0.4 is 0 Å². The van der Waals surface area contributed by atoms with Crippen molar-refractivity contribution in [2.45, 2.75) is 45.2 Å². The first-order valence-corrected chi connectivity index (χ1v) is 6.90. The van der Waals surface area contributed by atoms with Crippen LogP contribution in [0, 0.1) is 0 Å². The van der Waals surface area contributed by atoms with Gasteiger partial charge in [-0.15, -0.1) is 0 Å². The molecule has 0 unspecified atom stereocenters. The Morgan fingerprint density at radius 3 is 3.00 bits per heavy atom. The molecule has 1 saturated heterocycles. The number of cyclic esters (lactones) is 1. The molecule has 2 aliphatic heterocycles. The normalized spacial score (nSPS) is 23.5. The van der Waals surface area contributed by atoms with Crippen molar-refractivity contribution >= 4 is 5.97 Å². The van der Waals surface area contributed by atoms with Gasteiger partial charge in [0.1, 0.15) is 11.9 Å². The number of hydrogen-bond donors (Lipinski definition) is 0. The van der Waals surface area contributed by atoms with E-state index in [4.69, 9.17) is 4.74 Å². The quantitative estimate of drug-likeness (QED) is 0.750. The first kappa shape index (κ1) is 12.5. The highest BCUT2D eigenvalue weighted by molar-refractivity contribution is 5.77. The Labute approximate surface area is 113 Å². The van der Waals surface area contributed by atoms with Gasteiger partial charge in [0.15, 0.2) is 0 Å². The Balaban J connectivity index is 1.82. The smallest absolute Gasteiger partial charge is 0.323 e. The fourth-order valence-electron chi connectivity index (χ4n) is 2.70. The molecule has 0 aromatic carbocycles. The van der Waals surface area contributed by atoms with Crippen molar-refractivity contribution in [1.82, 2.24) is 14.9 Å². The van der Waals surface area contributed by atoms with E-state index in [1.165, 1.54) is 5.56 Å². The molecule has 1 aromatic rings. The number of ether oxygens (including phenoxy) is 1. The molecule has 0 amide bonds. The van der Waals surface area contributed by atoms with Crippen LogP contribution in [0.4, 0.5) is 0 Å². The first-order valence-electron chi connectivity index (χ1n) is 6.90. The minimum Gasteiger partial charge on any atom is -0.464 e. The van der Waals surface area contributed by atoms with Crippen molar-refractivity contribution in [3.05, 3.63) is 23.3 Å². The van der Waals surface area contributed by atoms with Crippen LogP contribution in [0.25, 0.3) is 0 Å². The maximum atomic E-state index is 11.7. The van der Waals surface area contributed by atoms with Gasteiger partial charge in [-0.25, -0.2) is 9.97 Å². The maximum absolute atomic E-state index is 11.7. The highest BCUT2D eigenvalue weighted by Gasteiger charge is 2.34. The van der Waals surface area contributed by atoms with Crippen molar-refractivity contribution in [1.29, 1.82) is 0 Å². The van der Waals surface area contributed by atoms with Gasteiger partial charge in [-0.1, -0.05) is 13.8 Å². The largest absolute Gasteiger partial charge is 0.464 e. The van der Waals surface area contributed by atoms with E-state index in [-0.39, 0.29) is 12.0 Å². The average Bonchev–Trinajstić information content (AvgIpc) is 2.83. The number of esters is 1. The molecule has 1 atom stereocenters. The molecular weight excluding hydrogens is 242 g/mol. The maximum Gasteiger partial charge on any atom is 0.323 e. The van der Waals surface area contributed by atoms with E-state index in [0.29, 0.717) is 12.5 Å². The van der Waals surface area contributed by atoms with Crippen LogP contribution in [-0.4, -0.2) is 40.0 Å². The molecule has 1 aromatic heterocycles. The number of aromatic nitrogens is 2. The molecule has 102 valence electrons. The van der Waals surface area contributed by atoms with Crippen molar-refractivity contribution in [2.75, 3.05) is 13.2 Å². The Morgan fingerprint density at radius 1 is 1.47 bits per heavy atom. The Morgan fingerprint density at radius 2 is 2.32 bits per heavy atom. The lowest BCUT2D eigenvalue weighted by Gasteiger charge is -2.30. The summed E-state index contributed by atoms with van der Waals surface area (Å²) in [4.78, 5) is 22.9. The fourth-order valence-corrected chi connectivity index (χ4v) is 2.70. The lowest BCUT2D eigenvalue weighted by Crippen LogP contribution is -2.42. The summed E-state index contributed by atoms with van der Waals surface area (Å²) in [5.74, 6) is 1.13. The highest BCUT2D eigenvalue weighted by Crippen LogP contribution is 2.23. The number of hydrogen-bond acceptors (Lipinski definition) is 5. The zero-order valence-corrected chi connectivity index (χ0v) is 11.4. The number of carbonyl (C=O) groups is 1. The summed E-state index contributed by atoms with van der Waals surface area (Å²) in [5, 5.41) is 0. The second-order valence-electron chi connectivity index (χ2n) is 5.55. The topological polar surface area (TPSA) is 55.3 Å². The zero-order valence-electron chi connectivity index (χ0n) is 11.4. The molecule has 0 aliphatic carbocycles. The van der Waals surface area contributed by atoms with Gasteiger partial charge in [-0.3, -0.25) is 9.69 Å². The van der Waals surface area contributed by atoms with Crippen LogP contribution in [0.15, 0.2) is 6.20 Å². The number of fused-ring (bicyclic) bond motifs is 1. The standard InChI is InChI=1S/C14H19N3O2/c1-9(2)13-15-7-10-3-5-17(8-11(10)16-13)12-4-6-19-14(12)18/h7,9,12H,3-6,8H2,1-2H3/t12-/m1/s1. The summed E-state index contributed by atoms with van der Waals surface area (Å²) < 4.78 is 5.06. The van der Waals surface area contributed by atoms with Crippen LogP contribution in [0.1, 0.15) is 43.3 Å². The van der Waals surface area contributed by atoms with E-state index in [1.807, 2.05) is 6.20 Å². The van der Waals surface area contributed by atoms with Crippen LogP contribution in [0.2, 0.25) is 0 Å². The van der Waals surface area contributed by atoms with Crippen LogP contribution >= 0.6 is 0 Å². The molecule has 2 aliphatic rings. The van der Waals surface area contributed by atoms with Gasteiger partial charge in [0, 0.05) is 31.6 Å². The minimum atomic E-state index is -0.0819. The monoisotopic (exact) mass is 261 g/mol. The molecule has 5 heteroatoms. The summed E-state index contributed by atoms with van der Waals surface area (Å²) >= 11 is 0. The Hall–Kier alpha value is -1.49. The molecule has 0 radical (unpaired) electrons. The number of carbonyl (C=O) groups excluding carboxylic acids is 1. The van der Waals surface area contributed by atoms with E-state index in [0.717, 1.165) is 37.4 Å². The van der Waals surface area contributed by atoms with Gasteiger partial charge >= 0.3 is 5.97 Å². The average molecular weight is 261 g/mol. The van der Waals surface area contributed by atoms with Crippen LogP contribution in [0.5, 0.6) is 0 Å². The molecule has 0 bridgehead atoms. The van der Waals surface area contributed by atoms with Gasteiger partial charge in [0.05, 0.1) is 12.3 Å². The van der Waals surface area contributed by atoms with E-state index in [9.17, 15) is 4.79 Å². The molecule has 19 heavy (non-hydrogen) atoms. The number of rotatable bonds is 2. The molecular formula is C14H19N3O2. The SMILES string of the molecule is CC(C)c1ncc2c(n1)CN([C@@H]1CCOC1=O)CC2. The van der Waals surface area contributed by atoms with Gasteiger partial charge < -0.3 is 4.74 Å². The molecule has 0 saturated carbocycles. The van der Waals surface area contributed by atoms with Crippen molar-refractivity contribution < 1.29 is 9.53 Å². The first-order chi connectivity index (χ1) is 9.15. The molecule has 1 fully saturated rings. The van der Waals surface area contributed by atoms with E-state index < -0.39 is 0 Å². The zero-order chi connectivity index (χ0) is 13.4. The van der Waals surface area contributed by atoms with Crippen LogP contribution in [-0.2, 0) is 22.5 Å². The third kappa shape index (κ3) is 2.34. The second-order valence-corrected chi connectivity index (χ2v) is 5.55. The molecule has 5 nitrogen and oxygen atoms in total. The fraction of sp³-hybridized carbons (Fsp3) is 0.643. The van der Waals surface area contributed by atoms with Crippen molar-refractivity contribution in [3.8, 4) is 0 Å².